The molecule has 0 spiro atoms. The second-order valence-corrected chi connectivity index (χ2v) is 3.41. The number of para-hydroxylation sites is 1. The number of oxime groups is 1. The Morgan fingerprint density at radius 1 is 1.27 bits per heavy atom. The van der Waals surface area contributed by atoms with Crippen molar-refractivity contribution in [2.24, 2.45) is 10.1 Å². The van der Waals surface area contributed by atoms with E-state index in [0.29, 0.717) is 0 Å². The van der Waals surface area contributed by atoms with E-state index in [4.69, 9.17) is 0 Å². The van der Waals surface area contributed by atoms with Crippen molar-refractivity contribution in [1.82, 2.24) is 0 Å². The van der Waals surface area contributed by atoms with Crippen LogP contribution in [-0.2, 0) is 4.84 Å². The van der Waals surface area contributed by atoms with Gasteiger partial charge in [-0.05, 0) is 31.9 Å². The Kier molecular flexibility index (Phi) is 4.03. The Balaban J connectivity index is 3.02. The molecule has 0 saturated carbocycles. The van der Waals surface area contributed by atoms with Crippen LogP contribution in [0.25, 0.3) is 0 Å². The molecule has 0 aliphatic heterocycles. The fraction of sp³-hybridized carbons (Fsp3) is 0.333. The standard InChI is InChI=1S/C12H16N2O/c1-9-6-5-7-10(2)12(9)14-11(3)8-13-15-4/h5-8H,1-4H3. The van der Waals surface area contributed by atoms with Gasteiger partial charge in [0.15, 0.2) is 0 Å². The Hall–Kier alpha value is -1.64. The average Bonchev–Trinajstić information content (AvgIpc) is 2.21. The lowest BCUT2D eigenvalue weighted by molar-refractivity contribution is 0.216. The molecule has 80 valence electrons. The predicted molar refractivity (Wildman–Crippen MR) is 64.2 cm³/mol. The van der Waals surface area contributed by atoms with Crippen molar-refractivity contribution in [2.45, 2.75) is 20.8 Å². The van der Waals surface area contributed by atoms with Crippen molar-refractivity contribution in [3.63, 3.8) is 0 Å². The maximum atomic E-state index is 4.60. The van der Waals surface area contributed by atoms with Gasteiger partial charge in [0, 0.05) is 0 Å². The Morgan fingerprint density at radius 3 is 2.40 bits per heavy atom. The van der Waals surface area contributed by atoms with Gasteiger partial charge in [-0.1, -0.05) is 23.4 Å². The summed E-state index contributed by atoms with van der Waals surface area (Å²) in [5.41, 5.74) is 4.17. The summed E-state index contributed by atoms with van der Waals surface area (Å²) in [5, 5.41) is 3.67. The Morgan fingerprint density at radius 2 is 1.87 bits per heavy atom. The van der Waals surface area contributed by atoms with Crippen LogP contribution in [0.15, 0.2) is 28.3 Å². The molecular formula is C12H16N2O. The molecule has 3 heteroatoms. The highest BCUT2D eigenvalue weighted by molar-refractivity contribution is 6.30. The van der Waals surface area contributed by atoms with Gasteiger partial charge in [-0.2, -0.15) is 0 Å². The topological polar surface area (TPSA) is 34.0 Å². The lowest BCUT2D eigenvalue weighted by Gasteiger charge is -2.04. The predicted octanol–water partition coefficient (Wildman–Crippen LogP) is 3.03. The minimum absolute atomic E-state index is 0.828. The number of hydrogen-bond donors (Lipinski definition) is 0. The summed E-state index contributed by atoms with van der Waals surface area (Å²) in [7, 11) is 1.52. The van der Waals surface area contributed by atoms with E-state index in [1.54, 1.807) is 6.21 Å². The summed E-state index contributed by atoms with van der Waals surface area (Å²) in [5.74, 6) is 0. The number of rotatable bonds is 3. The van der Waals surface area contributed by atoms with Gasteiger partial charge >= 0.3 is 0 Å². The van der Waals surface area contributed by atoms with Crippen molar-refractivity contribution in [3.8, 4) is 0 Å². The van der Waals surface area contributed by atoms with Gasteiger partial charge in [0.05, 0.1) is 17.6 Å². The third-order valence-electron chi connectivity index (χ3n) is 2.07. The number of aryl methyl sites for hydroxylation is 2. The minimum atomic E-state index is 0.828. The van der Waals surface area contributed by atoms with Crippen LogP contribution in [0, 0.1) is 13.8 Å². The molecule has 3 nitrogen and oxygen atoms in total. The second kappa shape index (κ2) is 5.29. The highest BCUT2D eigenvalue weighted by Crippen LogP contribution is 2.22. The first-order valence-electron chi connectivity index (χ1n) is 4.83. The number of hydrogen-bond acceptors (Lipinski definition) is 3. The molecule has 0 aliphatic rings. The van der Waals surface area contributed by atoms with Gasteiger partial charge in [0.25, 0.3) is 0 Å². The molecule has 0 N–H and O–H groups in total. The molecule has 1 aromatic carbocycles. The lowest BCUT2D eigenvalue weighted by atomic mass is 10.1. The van der Waals surface area contributed by atoms with Crippen molar-refractivity contribution >= 4 is 17.6 Å². The van der Waals surface area contributed by atoms with Crippen LogP contribution in [0.1, 0.15) is 18.1 Å². The molecular weight excluding hydrogens is 188 g/mol. The smallest absolute Gasteiger partial charge is 0.106 e. The van der Waals surface area contributed by atoms with Crippen LogP contribution in [0.3, 0.4) is 0 Å². The third-order valence-corrected chi connectivity index (χ3v) is 2.07. The van der Waals surface area contributed by atoms with E-state index < -0.39 is 0 Å². The molecule has 0 unspecified atom stereocenters. The zero-order chi connectivity index (χ0) is 11.3. The quantitative estimate of drug-likeness (QED) is 0.550. The summed E-state index contributed by atoms with van der Waals surface area (Å²) < 4.78 is 0. The van der Waals surface area contributed by atoms with Gasteiger partial charge in [0.1, 0.15) is 7.11 Å². The molecule has 0 fully saturated rings. The first-order valence-corrected chi connectivity index (χ1v) is 4.83. The maximum absolute atomic E-state index is 4.60. The normalized spacial score (nSPS) is 12.1. The van der Waals surface area contributed by atoms with Gasteiger partial charge in [-0.15, -0.1) is 0 Å². The number of nitrogens with zero attached hydrogens (tertiary/aromatic N) is 2. The molecule has 0 aromatic heterocycles. The molecule has 0 amide bonds. The highest BCUT2D eigenvalue weighted by atomic mass is 16.6. The van der Waals surface area contributed by atoms with Crippen molar-refractivity contribution < 1.29 is 4.84 Å². The Bertz CT molecular complexity index is 374. The molecule has 1 rings (SSSR count). The third kappa shape index (κ3) is 3.20. The van der Waals surface area contributed by atoms with E-state index in [9.17, 15) is 0 Å². The molecule has 0 aliphatic carbocycles. The summed E-state index contributed by atoms with van der Waals surface area (Å²) in [6.07, 6.45) is 1.60. The van der Waals surface area contributed by atoms with E-state index in [1.807, 2.05) is 39.0 Å². The van der Waals surface area contributed by atoms with Crippen LogP contribution in [-0.4, -0.2) is 19.0 Å². The van der Waals surface area contributed by atoms with Crippen molar-refractivity contribution in [3.05, 3.63) is 29.3 Å². The van der Waals surface area contributed by atoms with Gasteiger partial charge < -0.3 is 4.84 Å². The average molecular weight is 204 g/mol. The van der Waals surface area contributed by atoms with Crippen molar-refractivity contribution in [1.29, 1.82) is 0 Å². The van der Waals surface area contributed by atoms with Crippen LogP contribution in [0.4, 0.5) is 5.69 Å². The number of aliphatic imine (C=N–C) groups is 1. The second-order valence-electron chi connectivity index (χ2n) is 3.41. The van der Waals surface area contributed by atoms with Crippen LogP contribution < -0.4 is 0 Å². The molecule has 1 aromatic rings. The lowest BCUT2D eigenvalue weighted by Crippen LogP contribution is -1.93. The number of benzene rings is 1. The Labute approximate surface area is 90.5 Å². The van der Waals surface area contributed by atoms with Gasteiger partial charge in [-0.25, -0.2) is 0 Å². The van der Waals surface area contributed by atoms with Gasteiger partial charge in [-0.3, -0.25) is 4.99 Å². The van der Waals surface area contributed by atoms with E-state index in [0.717, 1.165) is 11.4 Å². The highest BCUT2D eigenvalue weighted by Gasteiger charge is 1.99. The largest absolute Gasteiger partial charge is 0.399 e. The van der Waals surface area contributed by atoms with Crippen LogP contribution in [0.5, 0.6) is 0 Å². The van der Waals surface area contributed by atoms with Crippen molar-refractivity contribution in [2.75, 3.05) is 7.11 Å². The molecule has 15 heavy (non-hydrogen) atoms. The molecule has 0 heterocycles. The minimum Gasteiger partial charge on any atom is -0.399 e. The van der Waals surface area contributed by atoms with E-state index in [1.165, 1.54) is 18.2 Å². The summed E-state index contributed by atoms with van der Waals surface area (Å²) in [6, 6.07) is 6.13. The molecule has 0 saturated heterocycles. The van der Waals surface area contributed by atoms with Crippen LogP contribution in [0.2, 0.25) is 0 Å². The van der Waals surface area contributed by atoms with E-state index in [2.05, 4.69) is 15.0 Å². The summed E-state index contributed by atoms with van der Waals surface area (Å²) >= 11 is 0. The summed E-state index contributed by atoms with van der Waals surface area (Å²) in [6.45, 7) is 5.99. The van der Waals surface area contributed by atoms with Crippen LogP contribution >= 0.6 is 0 Å². The fourth-order valence-electron chi connectivity index (χ4n) is 1.32. The fourth-order valence-corrected chi connectivity index (χ4v) is 1.32. The van der Waals surface area contributed by atoms with E-state index in [-0.39, 0.29) is 0 Å². The maximum Gasteiger partial charge on any atom is 0.106 e. The first kappa shape index (κ1) is 11.4. The first-order chi connectivity index (χ1) is 7.15. The molecule has 0 bridgehead atoms. The summed E-state index contributed by atoms with van der Waals surface area (Å²) in [4.78, 5) is 9.08. The molecule has 0 atom stereocenters. The SMILES string of the molecule is CON=CC(C)=Nc1c(C)cccc1C. The molecule has 0 radical (unpaired) electrons. The van der Waals surface area contributed by atoms with E-state index >= 15 is 0 Å². The zero-order valence-electron chi connectivity index (χ0n) is 9.61. The monoisotopic (exact) mass is 204 g/mol. The zero-order valence-corrected chi connectivity index (χ0v) is 9.61. The van der Waals surface area contributed by atoms with Gasteiger partial charge in [0.2, 0.25) is 0 Å².